The van der Waals surface area contributed by atoms with Crippen LogP contribution in [0, 0.1) is 5.82 Å². The molecule has 1 atom stereocenters. The lowest BCUT2D eigenvalue weighted by atomic mass is 9.91. The van der Waals surface area contributed by atoms with Crippen molar-refractivity contribution in [2.75, 3.05) is 5.32 Å². The monoisotopic (exact) mass is 490 g/mol. The number of anilines is 1. The van der Waals surface area contributed by atoms with E-state index in [1.54, 1.807) is 22.5 Å². The minimum atomic E-state index is -1.19. The van der Waals surface area contributed by atoms with E-state index >= 15 is 0 Å². The van der Waals surface area contributed by atoms with Gasteiger partial charge in [-0.25, -0.2) is 4.39 Å². The highest BCUT2D eigenvalue weighted by Gasteiger charge is 2.49. The molecule has 0 spiro atoms. The molecule has 2 N–H and O–H groups in total. The number of nitrogens with zero attached hydrogens (tertiary/aromatic N) is 2. The molecule has 8 heteroatoms. The fraction of sp³-hybridized carbons (Fsp3) is 0.393. The summed E-state index contributed by atoms with van der Waals surface area (Å²) in [7, 11) is 0. The molecule has 1 unspecified atom stereocenters. The number of carbonyl (C=O) groups excluding carboxylic acids is 3. The topological polar surface area (TPSA) is 83.4 Å². The Bertz CT molecular complexity index is 1330. The maximum atomic E-state index is 14.2. The SMILES string of the molecule is CC(=O)Nc1c2n(c3ccc(F)cc13)CC(C)(C(=O)NC1CCCCC1)N(Cc1ccccc1)C2=O. The number of benzene rings is 2. The summed E-state index contributed by atoms with van der Waals surface area (Å²) < 4.78 is 16.0. The summed E-state index contributed by atoms with van der Waals surface area (Å²) in [5.74, 6) is -1.41. The van der Waals surface area contributed by atoms with E-state index in [4.69, 9.17) is 0 Å². The molecule has 1 aromatic heterocycles. The summed E-state index contributed by atoms with van der Waals surface area (Å²) in [5.41, 5.74) is 0.823. The number of rotatable bonds is 5. The van der Waals surface area contributed by atoms with Crippen LogP contribution in [-0.4, -0.2) is 38.8 Å². The second-order valence-corrected chi connectivity index (χ2v) is 10.1. The molecule has 3 aromatic rings. The first-order chi connectivity index (χ1) is 17.3. The Balaban J connectivity index is 1.64. The number of nitrogens with one attached hydrogen (secondary N) is 2. The van der Waals surface area contributed by atoms with E-state index in [-0.39, 0.29) is 48.2 Å². The number of amides is 3. The molecule has 36 heavy (non-hydrogen) atoms. The number of hydrogen-bond acceptors (Lipinski definition) is 3. The molecule has 2 aliphatic rings. The van der Waals surface area contributed by atoms with Gasteiger partial charge in [-0.2, -0.15) is 0 Å². The average molecular weight is 491 g/mol. The number of hydrogen-bond donors (Lipinski definition) is 2. The zero-order valence-electron chi connectivity index (χ0n) is 20.6. The van der Waals surface area contributed by atoms with Crippen molar-refractivity contribution in [3.63, 3.8) is 0 Å². The highest BCUT2D eigenvalue weighted by molar-refractivity contribution is 6.14. The number of carbonyl (C=O) groups is 3. The largest absolute Gasteiger partial charge is 0.351 e. The molecule has 2 aromatic carbocycles. The molecule has 0 bridgehead atoms. The molecular formula is C28H31FN4O3. The molecule has 1 aliphatic heterocycles. The summed E-state index contributed by atoms with van der Waals surface area (Å²) in [5, 5.41) is 6.40. The van der Waals surface area contributed by atoms with Crippen LogP contribution < -0.4 is 10.6 Å². The zero-order valence-corrected chi connectivity index (χ0v) is 20.6. The van der Waals surface area contributed by atoms with Crippen molar-refractivity contribution in [3.05, 3.63) is 65.6 Å². The number of halogens is 1. The minimum Gasteiger partial charge on any atom is -0.351 e. The normalized spacial score (nSPS) is 20.3. The smallest absolute Gasteiger partial charge is 0.273 e. The molecule has 2 heterocycles. The van der Waals surface area contributed by atoms with Crippen LogP contribution in [0.25, 0.3) is 10.9 Å². The van der Waals surface area contributed by atoms with Crippen molar-refractivity contribution >= 4 is 34.3 Å². The summed E-state index contributed by atoms with van der Waals surface area (Å²) in [6.07, 6.45) is 5.18. The second-order valence-electron chi connectivity index (χ2n) is 10.1. The van der Waals surface area contributed by atoms with Crippen molar-refractivity contribution in [2.24, 2.45) is 0 Å². The van der Waals surface area contributed by atoms with E-state index in [2.05, 4.69) is 10.6 Å². The molecule has 3 amide bonds. The van der Waals surface area contributed by atoms with E-state index in [9.17, 15) is 18.8 Å². The molecule has 0 radical (unpaired) electrons. The Morgan fingerprint density at radius 3 is 2.50 bits per heavy atom. The summed E-state index contributed by atoms with van der Waals surface area (Å²) in [6, 6.07) is 13.9. The van der Waals surface area contributed by atoms with E-state index in [0.717, 1.165) is 31.2 Å². The Morgan fingerprint density at radius 1 is 1.08 bits per heavy atom. The van der Waals surface area contributed by atoms with Crippen LogP contribution in [0.3, 0.4) is 0 Å². The Morgan fingerprint density at radius 2 is 1.81 bits per heavy atom. The van der Waals surface area contributed by atoms with Gasteiger partial charge in [0.2, 0.25) is 11.8 Å². The molecule has 1 aliphatic carbocycles. The lowest BCUT2D eigenvalue weighted by Gasteiger charge is -2.45. The molecule has 1 saturated carbocycles. The maximum absolute atomic E-state index is 14.2. The minimum absolute atomic E-state index is 0.0867. The average Bonchev–Trinajstić information content (AvgIpc) is 3.14. The Kier molecular flexibility index (Phi) is 6.28. The molecular weight excluding hydrogens is 459 g/mol. The quantitative estimate of drug-likeness (QED) is 0.548. The van der Waals surface area contributed by atoms with Crippen molar-refractivity contribution < 1.29 is 18.8 Å². The Labute approximate surface area is 209 Å². The van der Waals surface area contributed by atoms with Crippen molar-refractivity contribution in [1.29, 1.82) is 0 Å². The maximum Gasteiger partial charge on any atom is 0.273 e. The summed E-state index contributed by atoms with van der Waals surface area (Å²) in [4.78, 5) is 41.7. The number of fused-ring (bicyclic) bond motifs is 3. The molecule has 7 nitrogen and oxygen atoms in total. The third kappa shape index (κ3) is 4.25. The van der Waals surface area contributed by atoms with Gasteiger partial charge in [0.05, 0.1) is 17.7 Å². The highest BCUT2D eigenvalue weighted by Crippen LogP contribution is 2.40. The van der Waals surface area contributed by atoms with Gasteiger partial charge in [-0.1, -0.05) is 49.6 Å². The van der Waals surface area contributed by atoms with Crippen LogP contribution >= 0.6 is 0 Å². The van der Waals surface area contributed by atoms with Crippen LogP contribution in [0.15, 0.2) is 48.5 Å². The van der Waals surface area contributed by atoms with Crippen LogP contribution in [0.2, 0.25) is 0 Å². The van der Waals surface area contributed by atoms with Gasteiger partial charge in [-0.15, -0.1) is 0 Å². The van der Waals surface area contributed by atoms with Crippen molar-refractivity contribution in [2.45, 2.75) is 70.6 Å². The van der Waals surface area contributed by atoms with E-state index < -0.39 is 11.4 Å². The highest BCUT2D eigenvalue weighted by atomic mass is 19.1. The van der Waals surface area contributed by atoms with Crippen LogP contribution in [0.5, 0.6) is 0 Å². The lowest BCUT2D eigenvalue weighted by molar-refractivity contribution is -0.134. The standard InChI is InChI=1S/C28H31FN4O3/c1-18(34)30-24-22-15-20(29)13-14-23(22)32-17-28(2,27(36)31-21-11-7-4-8-12-21)33(26(35)25(24)32)16-19-9-5-3-6-10-19/h3,5-6,9-10,13-15,21H,4,7-8,11-12,16-17H2,1-2H3,(H,30,34)(H,31,36). The van der Waals surface area contributed by atoms with E-state index in [1.807, 2.05) is 30.3 Å². The van der Waals surface area contributed by atoms with Gasteiger partial charge in [0.25, 0.3) is 5.91 Å². The fourth-order valence-electron chi connectivity index (χ4n) is 5.56. The van der Waals surface area contributed by atoms with Gasteiger partial charge in [0.1, 0.15) is 17.1 Å². The molecule has 188 valence electrons. The lowest BCUT2D eigenvalue weighted by Crippen LogP contribution is -2.64. The van der Waals surface area contributed by atoms with Crippen molar-refractivity contribution in [1.82, 2.24) is 14.8 Å². The molecule has 1 fully saturated rings. The van der Waals surface area contributed by atoms with E-state index in [0.29, 0.717) is 10.9 Å². The molecule has 5 rings (SSSR count). The fourth-order valence-corrected chi connectivity index (χ4v) is 5.56. The van der Waals surface area contributed by atoms with E-state index in [1.165, 1.54) is 25.5 Å². The van der Waals surface area contributed by atoms with Gasteiger partial charge in [0, 0.05) is 24.9 Å². The van der Waals surface area contributed by atoms with Crippen molar-refractivity contribution in [3.8, 4) is 0 Å². The zero-order chi connectivity index (χ0) is 25.4. The number of aromatic nitrogens is 1. The van der Waals surface area contributed by atoms with Crippen LogP contribution in [0.4, 0.5) is 10.1 Å². The molecule has 0 saturated heterocycles. The van der Waals surface area contributed by atoms with Gasteiger partial charge in [0.15, 0.2) is 0 Å². The van der Waals surface area contributed by atoms with Gasteiger partial charge < -0.3 is 20.1 Å². The first-order valence-electron chi connectivity index (χ1n) is 12.5. The second kappa shape index (κ2) is 9.41. The first-order valence-corrected chi connectivity index (χ1v) is 12.5. The van der Waals surface area contributed by atoms with Crippen LogP contribution in [0.1, 0.15) is 62.0 Å². The van der Waals surface area contributed by atoms with Gasteiger partial charge >= 0.3 is 0 Å². The third-order valence-corrected chi connectivity index (χ3v) is 7.45. The third-order valence-electron chi connectivity index (χ3n) is 7.45. The predicted octanol–water partition coefficient (Wildman–Crippen LogP) is 4.60. The summed E-state index contributed by atoms with van der Waals surface area (Å²) >= 11 is 0. The Hall–Kier alpha value is -3.68. The van der Waals surface area contributed by atoms with Gasteiger partial charge in [-0.3, -0.25) is 14.4 Å². The summed E-state index contributed by atoms with van der Waals surface area (Å²) in [6.45, 7) is 3.55. The van der Waals surface area contributed by atoms with Crippen LogP contribution in [-0.2, 0) is 22.7 Å². The predicted molar refractivity (Wildman–Crippen MR) is 136 cm³/mol. The first kappa shape index (κ1) is 24.0. The van der Waals surface area contributed by atoms with Gasteiger partial charge in [-0.05, 0) is 43.5 Å².